The van der Waals surface area contributed by atoms with Gasteiger partial charge in [-0.2, -0.15) is 4.98 Å². The number of aromatic nitrogens is 2. The van der Waals surface area contributed by atoms with Crippen LogP contribution in [0.4, 0.5) is 5.95 Å². The number of carbonyl (C=O) groups is 1. The minimum atomic E-state index is -0.248. The second-order valence-electron chi connectivity index (χ2n) is 4.74. The molecule has 20 heavy (non-hydrogen) atoms. The van der Waals surface area contributed by atoms with Crippen molar-refractivity contribution in [2.24, 2.45) is 0 Å². The van der Waals surface area contributed by atoms with E-state index in [0.29, 0.717) is 31.1 Å². The van der Waals surface area contributed by atoms with E-state index in [1.807, 2.05) is 18.7 Å². The van der Waals surface area contributed by atoms with Crippen LogP contribution in [0.1, 0.15) is 32.4 Å². The van der Waals surface area contributed by atoms with Crippen LogP contribution in [-0.2, 0) is 9.53 Å². The van der Waals surface area contributed by atoms with Gasteiger partial charge in [0.2, 0.25) is 11.8 Å². The SMILES string of the molecule is CCOC(=O)CN(c1nc(C)cc(OCC)n1)C1CC1. The third-order valence-corrected chi connectivity index (χ3v) is 2.96. The Hall–Kier alpha value is -1.85. The van der Waals surface area contributed by atoms with Crippen molar-refractivity contribution in [3.63, 3.8) is 0 Å². The number of esters is 1. The summed E-state index contributed by atoms with van der Waals surface area (Å²) in [4.78, 5) is 22.4. The normalized spacial score (nSPS) is 13.9. The Morgan fingerprint density at radius 2 is 2.10 bits per heavy atom. The number of rotatable bonds is 7. The Morgan fingerprint density at radius 1 is 1.35 bits per heavy atom. The summed E-state index contributed by atoms with van der Waals surface area (Å²) in [6.45, 7) is 6.73. The molecule has 1 aromatic rings. The maximum atomic E-state index is 11.7. The second-order valence-corrected chi connectivity index (χ2v) is 4.74. The molecule has 0 spiro atoms. The van der Waals surface area contributed by atoms with Crippen LogP contribution in [0.2, 0.25) is 0 Å². The van der Waals surface area contributed by atoms with Gasteiger partial charge in [-0.1, -0.05) is 0 Å². The van der Waals surface area contributed by atoms with Crippen molar-refractivity contribution in [3.05, 3.63) is 11.8 Å². The zero-order chi connectivity index (χ0) is 14.5. The lowest BCUT2D eigenvalue weighted by Gasteiger charge is -2.21. The number of aryl methyl sites for hydroxylation is 1. The number of ether oxygens (including phenoxy) is 2. The van der Waals surface area contributed by atoms with Crippen molar-refractivity contribution >= 4 is 11.9 Å². The number of hydrogen-bond acceptors (Lipinski definition) is 6. The fraction of sp³-hybridized carbons (Fsp3) is 0.643. The molecular formula is C14H21N3O3. The highest BCUT2D eigenvalue weighted by Gasteiger charge is 2.33. The first-order chi connectivity index (χ1) is 9.63. The van der Waals surface area contributed by atoms with Crippen molar-refractivity contribution in [2.45, 2.75) is 39.7 Å². The third kappa shape index (κ3) is 3.82. The van der Waals surface area contributed by atoms with E-state index >= 15 is 0 Å². The molecule has 1 aromatic heterocycles. The van der Waals surface area contributed by atoms with Crippen LogP contribution in [0.5, 0.6) is 5.88 Å². The molecule has 0 aliphatic heterocycles. The highest BCUT2D eigenvalue weighted by Crippen LogP contribution is 2.30. The fourth-order valence-corrected chi connectivity index (χ4v) is 1.97. The summed E-state index contributed by atoms with van der Waals surface area (Å²) in [5.74, 6) is 0.843. The Kier molecular flexibility index (Phi) is 4.76. The molecule has 1 fully saturated rings. The predicted molar refractivity (Wildman–Crippen MR) is 74.9 cm³/mol. The average Bonchev–Trinajstić information content (AvgIpc) is 3.20. The van der Waals surface area contributed by atoms with E-state index in [4.69, 9.17) is 9.47 Å². The summed E-state index contributed by atoms with van der Waals surface area (Å²) in [5.41, 5.74) is 0.827. The topological polar surface area (TPSA) is 64.5 Å². The van der Waals surface area contributed by atoms with E-state index in [2.05, 4.69) is 9.97 Å². The Morgan fingerprint density at radius 3 is 2.70 bits per heavy atom. The molecule has 0 aromatic carbocycles. The Balaban J connectivity index is 2.18. The Labute approximate surface area is 119 Å². The first-order valence-corrected chi connectivity index (χ1v) is 7.04. The minimum Gasteiger partial charge on any atom is -0.478 e. The van der Waals surface area contributed by atoms with Crippen LogP contribution < -0.4 is 9.64 Å². The van der Waals surface area contributed by atoms with Crippen LogP contribution in [0.3, 0.4) is 0 Å². The molecule has 6 nitrogen and oxygen atoms in total. The van der Waals surface area contributed by atoms with E-state index in [9.17, 15) is 4.79 Å². The molecular weight excluding hydrogens is 258 g/mol. The lowest BCUT2D eigenvalue weighted by Crippen LogP contribution is -2.34. The van der Waals surface area contributed by atoms with Crippen LogP contribution in [0.25, 0.3) is 0 Å². The molecule has 110 valence electrons. The van der Waals surface area contributed by atoms with Gasteiger partial charge in [-0.15, -0.1) is 0 Å². The zero-order valence-corrected chi connectivity index (χ0v) is 12.3. The molecule has 6 heteroatoms. The monoisotopic (exact) mass is 279 g/mol. The van der Waals surface area contributed by atoms with E-state index in [0.717, 1.165) is 18.5 Å². The molecule has 0 radical (unpaired) electrons. The van der Waals surface area contributed by atoms with Crippen molar-refractivity contribution in [2.75, 3.05) is 24.7 Å². The van der Waals surface area contributed by atoms with E-state index in [1.54, 1.807) is 13.0 Å². The first-order valence-electron chi connectivity index (χ1n) is 7.04. The molecule has 1 saturated carbocycles. The highest BCUT2D eigenvalue weighted by atomic mass is 16.5. The van der Waals surface area contributed by atoms with Gasteiger partial charge in [-0.3, -0.25) is 4.79 Å². The highest BCUT2D eigenvalue weighted by molar-refractivity contribution is 5.75. The summed E-state index contributed by atoms with van der Waals surface area (Å²) >= 11 is 0. The quantitative estimate of drug-likeness (QED) is 0.708. The van der Waals surface area contributed by atoms with Crippen LogP contribution in [0.15, 0.2) is 6.07 Å². The number of anilines is 1. The van der Waals surface area contributed by atoms with Gasteiger partial charge in [-0.05, 0) is 33.6 Å². The Bertz CT molecular complexity index is 475. The molecule has 1 aliphatic rings. The van der Waals surface area contributed by atoms with Gasteiger partial charge in [0.15, 0.2) is 0 Å². The van der Waals surface area contributed by atoms with E-state index in [1.165, 1.54) is 0 Å². The van der Waals surface area contributed by atoms with Gasteiger partial charge in [0, 0.05) is 17.8 Å². The van der Waals surface area contributed by atoms with Gasteiger partial charge >= 0.3 is 5.97 Å². The first kappa shape index (κ1) is 14.6. The summed E-state index contributed by atoms with van der Waals surface area (Å²) in [5, 5.41) is 0. The van der Waals surface area contributed by atoms with Crippen molar-refractivity contribution in [1.82, 2.24) is 9.97 Å². The van der Waals surface area contributed by atoms with Crippen molar-refractivity contribution in [3.8, 4) is 5.88 Å². The lowest BCUT2D eigenvalue weighted by atomic mass is 10.4. The summed E-state index contributed by atoms with van der Waals surface area (Å²) < 4.78 is 10.4. The standard InChI is InChI=1S/C14H21N3O3/c1-4-19-12-8-10(3)15-14(16-12)17(11-6-7-11)9-13(18)20-5-2/h8,11H,4-7,9H2,1-3H3. The molecule has 0 N–H and O–H groups in total. The van der Waals surface area contributed by atoms with Crippen LogP contribution in [0, 0.1) is 6.92 Å². The van der Waals surface area contributed by atoms with Crippen LogP contribution in [-0.4, -0.2) is 41.7 Å². The number of carbonyl (C=O) groups excluding carboxylic acids is 1. The zero-order valence-electron chi connectivity index (χ0n) is 12.3. The number of hydrogen-bond donors (Lipinski definition) is 0. The second kappa shape index (κ2) is 6.54. The molecule has 0 unspecified atom stereocenters. The van der Waals surface area contributed by atoms with Gasteiger partial charge in [0.25, 0.3) is 0 Å². The van der Waals surface area contributed by atoms with E-state index < -0.39 is 0 Å². The largest absolute Gasteiger partial charge is 0.478 e. The third-order valence-electron chi connectivity index (χ3n) is 2.96. The van der Waals surface area contributed by atoms with Crippen molar-refractivity contribution in [1.29, 1.82) is 0 Å². The molecule has 1 aliphatic carbocycles. The summed E-state index contributed by atoms with van der Waals surface area (Å²) in [6.07, 6.45) is 2.11. The lowest BCUT2D eigenvalue weighted by molar-refractivity contribution is -0.141. The summed E-state index contributed by atoms with van der Waals surface area (Å²) in [7, 11) is 0. The molecule has 1 heterocycles. The van der Waals surface area contributed by atoms with Crippen LogP contribution >= 0.6 is 0 Å². The fourth-order valence-electron chi connectivity index (χ4n) is 1.97. The maximum Gasteiger partial charge on any atom is 0.325 e. The minimum absolute atomic E-state index is 0.188. The molecule has 0 amide bonds. The van der Waals surface area contributed by atoms with E-state index in [-0.39, 0.29) is 12.5 Å². The van der Waals surface area contributed by atoms with Crippen molar-refractivity contribution < 1.29 is 14.3 Å². The predicted octanol–water partition coefficient (Wildman–Crippen LogP) is 1.72. The van der Waals surface area contributed by atoms with Gasteiger partial charge in [0.05, 0.1) is 13.2 Å². The molecule has 0 atom stereocenters. The molecule has 0 bridgehead atoms. The van der Waals surface area contributed by atoms with Gasteiger partial charge in [0.1, 0.15) is 6.54 Å². The smallest absolute Gasteiger partial charge is 0.325 e. The van der Waals surface area contributed by atoms with Gasteiger partial charge in [-0.25, -0.2) is 4.98 Å². The molecule has 2 rings (SSSR count). The maximum absolute atomic E-state index is 11.7. The number of nitrogens with zero attached hydrogens (tertiary/aromatic N) is 3. The summed E-state index contributed by atoms with van der Waals surface area (Å²) in [6, 6.07) is 2.12. The van der Waals surface area contributed by atoms with Gasteiger partial charge < -0.3 is 14.4 Å². The molecule has 0 saturated heterocycles. The average molecular weight is 279 g/mol.